The molecule has 100 valence electrons. The molecule has 0 spiro atoms. The second kappa shape index (κ2) is 5.34. The SMILES string of the molecule is CC(Oc1ccc(C(F)(F)F)cc1)c1ccccc1. The van der Waals surface area contributed by atoms with Gasteiger partial charge in [0.05, 0.1) is 5.56 Å². The lowest BCUT2D eigenvalue weighted by Gasteiger charge is -2.15. The predicted molar refractivity (Wildman–Crippen MR) is 66.9 cm³/mol. The molecule has 0 aromatic heterocycles. The van der Waals surface area contributed by atoms with Crippen molar-refractivity contribution in [1.29, 1.82) is 0 Å². The minimum atomic E-state index is -4.32. The van der Waals surface area contributed by atoms with Crippen LogP contribution in [0.5, 0.6) is 5.75 Å². The average Bonchev–Trinajstić information content (AvgIpc) is 2.39. The molecule has 0 radical (unpaired) electrons. The van der Waals surface area contributed by atoms with E-state index in [0.717, 1.165) is 17.7 Å². The van der Waals surface area contributed by atoms with Gasteiger partial charge < -0.3 is 4.74 Å². The third kappa shape index (κ3) is 3.50. The van der Waals surface area contributed by atoms with Crippen LogP contribution in [0.2, 0.25) is 0 Å². The third-order valence-electron chi connectivity index (χ3n) is 2.76. The van der Waals surface area contributed by atoms with E-state index in [2.05, 4.69) is 0 Å². The van der Waals surface area contributed by atoms with E-state index in [0.29, 0.717) is 5.75 Å². The summed E-state index contributed by atoms with van der Waals surface area (Å²) in [6, 6.07) is 14.2. The van der Waals surface area contributed by atoms with Crippen LogP contribution >= 0.6 is 0 Å². The van der Waals surface area contributed by atoms with Crippen molar-refractivity contribution in [1.82, 2.24) is 0 Å². The molecule has 2 aromatic rings. The van der Waals surface area contributed by atoms with Gasteiger partial charge in [-0.3, -0.25) is 0 Å². The first kappa shape index (κ1) is 13.5. The highest BCUT2D eigenvalue weighted by atomic mass is 19.4. The molecule has 0 bridgehead atoms. The Morgan fingerprint density at radius 1 is 0.895 bits per heavy atom. The molecule has 4 heteroatoms. The highest BCUT2D eigenvalue weighted by Gasteiger charge is 2.30. The number of halogens is 3. The number of benzene rings is 2. The van der Waals surface area contributed by atoms with Crippen molar-refractivity contribution in [3.05, 3.63) is 65.7 Å². The lowest BCUT2D eigenvalue weighted by molar-refractivity contribution is -0.137. The summed E-state index contributed by atoms with van der Waals surface area (Å²) in [5, 5.41) is 0. The number of hydrogen-bond acceptors (Lipinski definition) is 1. The van der Waals surface area contributed by atoms with Crippen LogP contribution in [0.1, 0.15) is 24.2 Å². The molecule has 1 nitrogen and oxygen atoms in total. The van der Waals surface area contributed by atoms with Crippen LogP contribution in [-0.2, 0) is 6.18 Å². The normalized spacial score (nSPS) is 13.1. The molecule has 0 aliphatic rings. The summed E-state index contributed by atoms with van der Waals surface area (Å²) >= 11 is 0. The molecule has 1 atom stereocenters. The molecular weight excluding hydrogens is 253 g/mol. The van der Waals surface area contributed by atoms with Gasteiger partial charge in [-0.05, 0) is 36.8 Å². The van der Waals surface area contributed by atoms with Crippen molar-refractivity contribution < 1.29 is 17.9 Å². The summed E-state index contributed by atoms with van der Waals surface area (Å²) in [6.07, 6.45) is -4.53. The Balaban J connectivity index is 2.08. The Hall–Kier alpha value is -1.97. The van der Waals surface area contributed by atoms with E-state index in [1.807, 2.05) is 37.3 Å². The number of ether oxygens (including phenoxy) is 1. The summed E-state index contributed by atoms with van der Waals surface area (Å²) in [6.45, 7) is 1.85. The summed E-state index contributed by atoms with van der Waals surface area (Å²) in [4.78, 5) is 0. The minimum absolute atomic E-state index is 0.210. The van der Waals surface area contributed by atoms with E-state index >= 15 is 0 Å². The summed E-state index contributed by atoms with van der Waals surface area (Å²) < 4.78 is 42.8. The maximum atomic E-state index is 12.4. The maximum absolute atomic E-state index is 12.4. The molecule has 0 N–H and O–H groups in total. The van der Waals surface area contributed by atoms with Gasteiger partial charge in [0, 0.05) is 0 Å². The molecule has 0 heterocycles. The van der Waals surface area contributed by atoms with Crippen molar-refractivity contribution in [2.75, 3.05) is 0 Å². The van der Waals surface area contributed by atoms with E-state index in [9.17, 15) is 13.2 Å². The first-order valence-corrected chi connectivity index (χ1v) is 5.85. The van der Waals surface area contributed by atoms with E-state index in [4.69, 9.17) is 4.74 Å². The molecule has 0 aliphatic heterocycles. The minimum Gasteiger partial charge on any atom is -0.486 e. The Morgan fingerprint density at radius 2 is 1.47 bits per heavy atom. The lowest BCUT2D eigenvalue weighted by atomic mass is 10.1. The predicted octanol–water partition coefficient (Wildman–Crippen LogP) is 4.85. The monoisotopic (exact) mass is 266 g/mol. The highest BCUT2D eigenvalue weighted by Crippen LogP contribution is 2.31. The second-order valence-electron chi connectivity index (χ2n) is 4.19. The van der Waals surface area contributed by atoms with E-state index in [-0.39, 0.29) is 6.10 Å². The fraction of sp³-hybridized carbons (Fsp3) is 0.200. The molecule has 0 saturated carbocycles. The van der Waals surface area contributed by atoms with Gasteiger partial charge in [0.2, 0.25) is 0 Å². The van der Waals surface area contributed by atoms with Gasteiger partial charge in [-0.15, -0.1) is 0 Å². The Labute approximate surface area is 109 Å². The van der Waals surface area contributed by atoms with E-state index in [1.54, 1.807) is 0 Å². The van der Waals surface area contributed by atoms with Crippen LogP contribution < -0.4 is 4.74 Å². The van der Waals surface area contributed by atoms with Gasteiger partial charge in [0.15, 0.2) is 0 Å². The van der Waals surface area contributed by atoms with Gasteiger partial charge in [-0.2, -0.15) is 13.2 Å². The standard InChI is InChI=1S/C15H13F3O/c1-11(12-5-3-2-4-6-12)19-14-9-7-13(8-10-14)15(16,17)18/h2-11H,1H3. The quantitative estimate of drug-likeness (QED) is 0.772. The number of rotatable bonds is 3. The van der Waals surface area contributed by atoms with Crippen LogP contribution in [0.25, 0.3) is 0 Å². The number of hydrogen-bond donors (Lipinski definition) is 0. The fourth-order valence-corrected chi connectivity index (χ4v) is 1.72. The average molecular weight is 266 g/mol. The first-order valence-electron chi connectivity index (χ1n) is 5.85. The van der Waals surface area contributed by atoms with Crippen molar-refractivity contribution >= 4 is 0 Å². The molecule has 2 aromatic carbocycles. The van der Waals surface area contributed by atoms with Gasteiger partial charge in [0.25, 0.3) is 0 Å². The molecule has 0 amide bonds. The molecule has 2 rings (SSSR count). The van der Waals surface area contributed by atoms with Crippen molar-refractivity contribution in [2.45, 2.75) is 19.2 Å². The van der Waals surface area contributed by atoms with Crippen LogP contribution in [-0.4, -0.2) is 0 Å². The zero-order valence-electron chi connectivity index (χ0n) is 10.3. The van der Waals surface area contributed by atoms with E-state index < -0.39 is 11.7 Å². The molecule has 0 fully saturated rings. The van der Waals surface area contributed by atoms with Gasteiger partial charge in [-0.25, -0.2) is 0 Å². The number of alkyl halides is 3. The zero-order chi connectivity index (χ0) is 13.9. The summed E-state index contributed by atoms with van der Waals surface area (Å²) in [5.41, 5.74) is 0.301. The Kier molecular flexibility index (Phi) is 3.79. The maximum Gasteiger partial charge on any atom is 0.416 e. The Bertz CT molecular complexity index is 517. The molecule has 0 saturated heterocycles. The van der Waals surface area contributed by atoms with Crippen LogP contribution in [0.3, 0.4) is 0 Å². The topological polar surface area (TPSA) is 9.23 Å². The van der Waals surface area contributed by atoms with Gasteiger partial charge in [-0.1, -0.05) is 30.3 Å². The Morgan fingerprint density at radius 3 is 2.00 bits per heavy atom. The largest absolute Gasteiger partial charge is 0.486 e. The fourth-order valence-electron chi connectivity index (χ4n) is 1.72. The van der Waals surface area contributed by atoms with E-state index in [1.165, 1.54) is 12.1 Å². The van der Waals surface area contributed by atoms with Crippen molar-refractivity contribution in [2.24, 2.45) is 0 Å². The molecule has 1 unspecified atom stereocenters. The molecular formula is C15H13F3O. The molecule has 0 aliphatic carbocycles. The first-order chi connectivity index (χ1) is 8.97. The molecule has 19 heavy (non-hydrogen) atoms. The summed E-state index contributed by atoms with van der Waals surface area (Å²) in [7, 11) is 0. The van der Waals surface area contributed by atoms with Crippen LogP contribution in [0.15, 0.2) is 54.6 Å². The van der Waals surface area contributed by atoms with Crippen molar-refractivity contribution in [3.8, 4) is 5.75 Å². The smallest absolute Gasteiger partial charge is 0.416 e. The highest BCUT2D eigenvalue weighted by molar-refractivity contribution is 5.30. The van der Waals surface area contributed by atoms with Crippen LogP contribution in [0.4, 0.5) is 13.2 Å². The summed E-state index contributed by atoms with van der Waals surface area (Å²) in [5.74, 6) is 0.421. The third-order valence-corrected chi connectivity index (χ3v) is 2.76. The lowest BCUT2D eigenvalue weighted by Crippen LogP contribution is -2.06. The zero-order valence-corrected chi connectivity index (χ0v) is 10.3. The van der Waals surface area contributed by atoms with Gasteiger partial charge >= 0.3 is 6.18 Å². The van der Waals surface area contributed by atoms with Crippen molar-refractivity contribution in [3.63, 3.8) is 0 Å². The second-order valence-corrected chi connectivity index (χ2v) is 4.19. The van der Waals surface area contributed by atoms with Gasteiger partial charge in [0.1, 0.15) is 11.9 Å². The van der Waals surface area contributed by atoms with Crippen LogP contribution in [0, 0.1) is 0 Å².